The summed E-state index contributed by atoms with van der Waals surface area (Å²) in [5, 5.41) is 5.57. The second-order valence-electron chi connectivity index (χ2n) is 8.12. The van der Waals surface area contributed by atoms with Gasteiger partial charge in [0.2, 0.25) is 0 Å². The van der Waals surface area contributed by atoms with Crippen molar-refractivity contribution in [2.45, 2.75) is 26.7 Å². The zero-order chi connectivity index (χ0) is 25.3. The number of unbranched alkanes of at least 4 members (excludes halogenated alkanes) is 1. The summed E-state index contributed by atoms with van der Waals surface area (Å²) >= 11 is 6.03. The fourth-order valence-corrected chi connectivity index (χ4v) is 3.80. The van der Waals surface area contributed by atoms with E-state index in [1.54, 1.807) is 24.4 Å². The number of pyridine rings is 1. The average Bonchev–Trinajstić information content (AvgIpc) is 2.90. The lowest BCUT2D eigenvalue weighted by Gasteiger charge is -2.12. The molecule has 0 unspecified atom stereocenters. The topological polar surface area (TPSA) is 72.8 Å². The minimum atomic E-state index is -0.329. The zero-order valence-corrected chi connectivity index (χ0v) is 21.1. The summed E-state index contributed by atoms with van der Waals surface area (Å²) in [6.45, 7) is 5.20. The number of halogens is 1. The molecule has 4 rings (SSSR count). The Balaban J connectivity index is 1.55. The third-order valence-corrected chi connectivity index (χ3v) is 5.76. The summed E-state index contributed by atoms with van der Waals surface area (Å²) in [7, 11) is 0. The molecule has 0 spiro atoms. The normalized spacial score (nSPS) is 11.1. The predicted molar refractivity (Wildman–Crippen MR) is 145 cm³/mol. The third-order valence-electron chi connectivity index (χ3n) is 5.50. The van der Waals surface area contributed by atoms with Gasteiger partial charge in [-0.05, 0) is 61.4 Å². The molecule has 1 aromatic heterocycles. The molecule has 7 heteroatoms. The van der Waals surface area contributed by atoms with Crippen LogP contribution in [0.25, 0.3) is 22.2 Å². The van der Waals surface area contributed by atoms with E-state index in [1.165, 1.54) is 0 Å². The molecule has 184 valence electrons. The Morgan fingerprint density at radius 3 is 2.58 bits per heavy atom. The first-order valence-corrected chi connectivity index (χ1v) is 12.4. The van der Waals surface area contributed by atoms with E-state index in [1.807, 2.05) is 61.5 Å². The number of nitrogens with one attached hydrogen (secondary N) is 1. The molecule has 0 aliphatic carbocycles. The number of aromatic nitrogens is 1. The van der Waals surface area contributed by atoms with Gasteiger partial charge in [0.05, 0.1) is 36.2 Å². The van der Waals surface area contributed by atoms with Crippen LogP contribution in [0.15, 0.2) is 77.9 Å². The minimum Gasteiger partial charge on any atom is -0.490 e. The van der Waals surface area contributed by atoms with Crippen molar-refractivity contribution in [1.29, 1.82) is 0 Å². The van der Waals surface area contributed by atoms with Crippen LogP contribution in [0.4, 0.5) is 0 Å². The highest BCUT2D eigenvalue weighted by molar-refractivity contribution is 6.30. The molecule has 0 aliphatic heterocycles. The molecule has 36 heavy (non-hydrogen) atoms. The first-order valence-electron chi connectivity index (χ1n) is 12.0. The monoisotopic (exact) mass is 501 g/mol. The van der Waals surface area contributed by atoms with Gasteiger partial charge in [-0.3, -0.25) is 4.79 Å². The smallest absolute Gasteiger partial charge is 0.272 e. The molecular formula is C29H28ClN3O3. The molecule has 0 saturated carbocycles. The van der Waals surface area contributed by atoms with E-state index in [0.717, 1.165) is 34.9 Å². The van der Waals surface area contributed by atoms with Gasteiger partial charge in [-0.25, -0.2) is 10.4 Å². The number of carbonyl (C=O) groups is 1. The Kier molecular flexibility index (Phi) is 8.53. The molecule has 1 amide bonds. The van der Waals surface area contributed by atoms with Crippen molar-refractivity contribution in [3.63, 3.8) is 0 Å². The molecule has 0 fully saturated rings. The van der Waals surface area contributed by atoms with E-state index in [0.29, 0.717) is 41.0 Å². The summed E-state index contributed by atoms with van der Waals surface area (Å²) in [6.07, 6.45) is 3.62. The van der Waals surface area contributed by atoms with Crippen LogP contribution in [0.5, 0.6) is 11.5 Å². The summed E-state index contributed by atoms with van der Waals surface area (Å²) in [6, 6.07) is 22.2. The van der Waals surface area contributed by atoms with Gasteiger partial charge in [0.15, 0.2) is 11.5 Å². The standard InChI is InChI=1S/C29H28ClN3O3/c1-3-5-16-36-27-15-10-20(17-28(27)35-4-2)19-31-33-29(34)24-18-26(21-11-13-22(30)14-12-21)32-25-9-7-6-8-23(24)25/h6-15,17-19H,3-5,16H2,1-2H3,(H,33,34)/b31-19+. The quantitative estimate of drug-likeness (QED) is 0.146. The van der Waals surface area contributed by atoms with Crippen LogP contribution < -0.4 is 14.9 Å². The number of para-hydroxylation sites is 1. The Labute approximate surface area is 215 Å². The van der Waals surface area contributed by atoms with Gasteiger partial charge >= 0.3 is 0 Å². The average molecular weight is 502 g/mol. The van der Waals surface area contributed by atoms with Crippen molar-refractivity contribution in [3.8, 4) is 22.8 Å². The van der Waals surface area contributed by atoms with E-state index < -0.39 is 0 Å². The van der Waals surface area contributed by atoms with Crippen molar-refractivity contribution in [2.75, 3.05) is 13.2 Å². The van der Waals surface area contributed by atoms with Crippen molar-refractivity contribution < 1.29 is 14.3 Å². The molecule has 6 nitrogen and oxygen atoms in total. The van der Waals surface area contributed by atoms with Crippen LogP contribution in [0.1, 0.15) is 42.6 Å². The molecule has 1 N–H and O–H groups in total. The lowest BCUT2D eigenvalue weighted by atomic mass is 10.0. The van der Waals surface area contributed by atoms with Crippen LogP contribution in [-0.4, -0.2) is 30.3 Å². The van der Waals surface area contributed by atoms with Crippen LogP contribution in [0.2, 0.25) is 5.02 Å². The highest BCUT2D eigenvalue weighted by Gasteiger charge is 2.14. The van der Waals surface area contributed by atoms with Crippen molar-refractivity contribution in [2.24, 2.45) is 5.10 Å². The van der Waals surface area contributed by atoms with Crippen LogP contribution >= 0.6 is 11.6 Å². The minimum absolute atomic E-state index is 0.329. The molecule has 3 aromatic carbocycles. The van der Waals surface area contributed by atoms with E-state index in [9.17, 15) is 4.79 Å². The Morgan fingerprint density at radius 1 is 1.00 bits per heavy atom. The maximum absolute atomic E-state index is 13.1. The van der Waals surface area contributed by atoms with Gasteiger partial charge in [0.1, 0.15) is 0 Å². The fourth-order valence-electron chi connectivity index (χ4n) is 3.68. The highest BCUT2D eigenvalue weighted by atomic mass is 35.5. The lowest BCUT2D eigenvalue weighted by Crippen LogP contribution is -2.18. The largest absolute Gasteiger partial charge is 0.490 e. The van der Waals surface area contributed by atoms with E-state index >= 15 is 0 Å². The van der Waals surface area contributed by atoms with Crippen LogP contribution in [0.3, 0.4) is 0 Å². The van der Waals surface area contributed by atoms with Crippen LogP contribution in [0, 0.1) is 0 Å². The fraction of sp³-hybridized carbons (Fsp3) is 0.207. The molecule has 0 aliphatic rings. The third kappa shape index (κ3) is 6.20. The van der Waals surface area contributed by atoms with Crippen molar-refractivity contribution in [1.82, 2.24) is 10.4 Å². The molecule has 0 radical (unpaired) electrons. The van der Waals surface area contributed by atoms with E-state index in [-0.39, 0.29) is 5.91 Å². The van der Waals surface area contributed by atoms with Crippen molar-refractivity contribution in [3.05, 3.63) is 88.9 Å². The maximum Gasteiger partial charge on any atom is 0.272 e. The second kappa shape index (κ2) is 12.2. The first-order chi connectivity index (χ1) is 17.6. The lowest BCUT2D eigenvalue weighted by molar-refractivity contribution is 0.0956. The van der Waals surface area contributed by atoms with Gasteiger partial charge < -0.3 is 9.47 Å². The number of rotatable bonds is 10. The molecule has 4 aromatic rings. The molecular weight excluding hydrogens is 474 g/mol. The SMILES string of the molecule is CCCCOc1ccc(/C=N/NC(=O)c2cc(-c3ccc(Cl)cc3)nc3ccccc23)cc1OCC. The van der Waals surface area contributed by atoms with E-state index in [4.69, 9.17) is 26.1 Å². The number of hydrogen-bond donors (Lipinski definition) is 1. The summed E-state index contributed by atoms with van der Waals surface area (Å²) < 4.78 is 11.6. The number of fused-ring (bicyclic) bond motifs is 1. The first kappa shape index (κ1) is 25.2. The molecule has 0 atom stereocenters. The van der Waals surface area contributed by atoms with Gasteiger partial charge in [-0.15, -0.1) is 0 Å². The molecule has 0 bridgehead atoms. The van der Waals surface area contributed by atoms with Crippen molar-refractivity contribution >= 4 is 34.6 Å². The zero-order valence-electron chi connectivity index (χ0n) is 20.3. The number of nitrogens with zero attached hydrogens (tertiary/aromatic N) is 2. The number of hydrogen-bond acceptors (Lipinski definition) is 5. The van der Waals surface area contributed by atoms with Gasteiger partial charge in [-0.1, -0.05) is 55.3 Å². The number of carbonyl (C=O) groups excluding carboxylic acids is 1. The predicted octanol–water partition coefficient (Wildman–Crippen LogP) is 6.90. The Bertz CT molecular complexity index is 1370. The summed E-state index contributed by atoms with van der Waals surface area (Å²) in [5.74, 6) is 1.02. The number of hydrazone groups is 1. The second-order valence-corrected chi connectivity index (χ2v) is 8.56. The number of amides is 1. The molecule has 1 heterocycles. The van der Waals surface area contributed by atoms with Crippen LogP contribution in [-0.2, 0) is 0 Å². The summed E-state index contributed by atoms with van der Waals surface area (Å²) in [5.41, 5.74) is 6.18. The van der Waals surface area contributed by atoms with E-state index in [2.05, 4.69) is 17.5 Å². The van der Waals surface area contributed by atoms with Gasteiger partial charge in [0, 0.05) is 16.0 Å². The number of ether oxygens (including phenoxy) is 2. The van der Waals surface area contributed by atoms with Gasteiger partial charge in [-0.2, -0.15) is 5.10 Å². The van der Waals surface area contributed by atoms with Gasteiger partial charge in [0.25, 0.3) is 5.91 Å². The summed E-state index contributed by atoms with van der Waals surface area (Å²) in [4.78, 5) is 17.9. The Hall–Kier alpha value is -3.90. The maximum atomic E-state index is 13.1. The Morgan fingerprint density at radius 2 is 1.81 bits per heavy atom. The number of benzene rings is 3. The molecule has 0 saturated heterocycles. The highest BCUT2D eigenvalue weighted by Crippen LogP contribution is 2.29.